The van der Waals surface area contributed by atoms with Crippen LogP contribution in [0.4, 0.5) is 10.5 Å². The van der Waals surface area contributed by atoms with Gasteiger partial charge in [-0.05, 0) is 35.1 Å². The Hall–Kier alpha value is -4.20. The standard InChI is InChI=1S/C25H22N4O4/c30-22-11-10-21(23(31)28-22)29-14-17-12-15(8-9-19(17)24(29)32)13-26-25(33)27-20-7-3-5-16-4-1-2-6-18(16)20/h1-9,12,21H,10-11,13-14H2,(H2,26,27,33)(H,28,30,31). The van der Waals surface area contributed by atoms with Crippen LogP contribution in [0.1, 0.15) is 34.3 Å². The van der Waals surface area contributed by atoms with Gasteiger partial charge in [-0.15, -0.1) is 0 Å². The van der Waals surface area contributed by atoms with Crippen LogP contribution in [0.25, 0.3) is 10.8 Å². The number of piperidine rings is 1. The average molecular weight is 442 g/mol. The van der Waals surface area contributed by atoms with Gasteiger partial charge >= 0.3 is 6.03 Å². The van der Waals surface area contributed by atoms with E-state index in [4.69, 9.17) is 0 Å². The molecule has 0 aromatic heterocycles. The second-order valence-electron chi connectivity index (χ2n) is 8.23. The van der Waals surface area contributed by atoms with Crippen LogP contribution in [0.2, 0.25) is 0 Å². The number of benzene rings is 3. The minimum atomic E-state index is -0.643. The Bertz CT molecular complexity index is 1300. The van der Waals surface area contributed by atoms with E-state index in [2.05, 4.69) is 16.0 Å². The van der Waals surface area contributed by atoms with E-state index in [0.29, 0.717) is 18.5 Å². The Morgan fingerprint density at radius 2 is 1.85 bits per heavy atom. The van der Waals surface area contributed by atoms with Crippen LogP contribution in [0, 0.1) is 0 Å². The van der Waals surface area contributed by atoms with Gasteiger partial charge in [0, 0.05) is 30.5 Å². The number of anilines is 1. The van der Waals surface area contributed by atoms with Crippen molar-refractivity contribution in [3.8, 4) is 0 Å². The Morgan fingerprint density at radius 1 is 1.03 bits per heavy atom. The summed E-state index contributed by atoms with van der Waals surface area (Å²) in [5.41, 5.74) is 2.92. The van der Waals surface area contributed by atoms with Crippen LogP contribution in [0.15, 0.2) is 60.7 Å². The molecular weight excluding hydrogens is 420 g/mol. The van der Waals surface area contributed by atoms with Crippen molar-refractivity contribution >= 4 is 40.2 Å². The molecule has 1 unspecified atom stereocenters. The maximum absolute atomic E-state index is 12.8. The third-order valence-corrected chi connectivity index (χ3v) is 6.08. The van der Waals surface area contributed by atoms with Gasteiger partial charge in [-0.25, -0.2) is 4.79 Å². The summed E-state index contributed by atoms with van der Waals surface area (Å²) in [6.45, 7) is 0.590. The fraction of sp³-hybridized carbons (Fsp3) is 0.200. The van der Waals surface area contributed by atoms with E-state index in [0.717, 1.165) is 27.6 Å². The molecule has 3 aromatic rings. The molecule has 8 heteroatoms. The lowest BCUT2D eigenvalue weighted by Gasteiger charge is -2.29. The first-order chi connectivity index (χ1) is 16.0. The monoisotopic (exact) mass is 442 g/mol. The Kier molecular flexibility index (Phi) is 5.26. The van der Waals surface area contributed by atoms with E-state index in [1.54, 1.807) is 12.1 Å². The molecule has 2 aliphatic heterocycles. The highest BCUT2D eigenvalue weighted by Crippen LogP contribution is 2.28. The van der Waals surface area contributed by atoms with Crippen LogP contribution in [-0.2, 0) is 22.7 Å². The van der Waals surface area contributed by atoms with Gasteiger partial charge in [0.25, 0.3) is 5.91 Å². The number of rotatable bonds is 4. The molecule has 0 spiro atoms. The number of carbonyl (C=O) groups is 4. The fourth-order valence-corrected chi connectivity index (χ4v) is 4.42. The zero-order valence-corrected chi connectivity index (χ0v) is 17.8. The number of urea groups is 1. The molecule has 2 aliphatic rings. The predicted octanol–water partition coefficient (Wildman–Crippen LogP) is 2.92. The van der Waals surface area contributed by atoms with Gasteiger partial charge in [-0.2, -0.15) is 0 Å². The van der Waals surface area contributed by atoms with Crippen molar-refractivity contribution in [3.63, 3.8) is 0 Å². The maximum Gasteiger partial charge on any atom is 0.319 e. The number of hydrogen-bond donors (Lipinski definition) is 3. The van der Waals surface area contributed by atoms with Crippen molar-refractivity contribution < 1.29 is 19.2 Å². The Morgan fingerprint density at radius 3 is 2.70 bits per heavy atom. The lowest BCUT2D eigenvalue weighted by molar-refractivity contribution is -0.136. The number of hydrogen-bond acceptors (Lipinski definition) is 4. The lowest BCUT2D eigenvalue weighted by atomic mass is 10.0. The van der Waals surface area contributed by atoms with Crippen LogP contribution in [0.3, 0.4) is 0 Å². The zero-order chi connectivity index (χ0) is 22.9. The van der Waals surface area contributed by atoms with Gasteiger partial charge in [0.05, 0.1) is 5.69 Å². The van der Waals surface area contributed by atoms with Gasteiger partial charge in [0.1, 0.15) is 6.04 Å². The van der Waals surface area contributed by atoms with Crippen molar-refractivity contribution in [3.05, 3.63) is 77.4 Å². The first-order valence-corrected chi connectivity index (χ1v) is 10.8. The minimum Gasteiger partial charge on any atom is -0.334 e. The summed E-state index contributed by atoms with van der Waals surface area (Å²) >= 11 is 0. The molecule has 2 heterocycles. The smallest absolute Gasteiger partial charge is 0.319 e. The summed E-state index contributed by atoms with van der Waals surface area (Å²) in [5, 5.41) is 10.0. The molecule has 5 amide bonds. The van der Waals surface area contributed by atoms with Crippen molar-refractivity contribution in [2.24, 2.45) is 0 Å². The molecule has 1 atom stereocenters. The summed E-state index contributed by atoms with van der Waals surface area (Å²) < 4.78 is 0. The summed E-state index contributed by atoms with van der Waals surface area (Å²) in [4.78, 5) is 50.4. The molecule has 8 nitrogen and oxygen atoms in total. The lowest BCUT2D eigenvalue weighted by Crippen LogP contribution is -2.52. The van der Waals surface area contributed by atoms with Crippen LogP contribution < -0.4 is 16.0 Å². The maximum atomic E-state index is 12.8. The van der Waals surface area contributed by atoms with E-state index in [-0.39, 0.29) is 30.8 Å². The van der Waals surface area contributed by atoms with E-state index >= 15 is 0 Å². The van der Waals surface area contributed by atoms with Crippen LogP contribution in [-0.4, -0.2) is 34.7 Å². The summed E-state index contributed by atoms with van der Waals surface area (Å²) in [5.74, 6) is -0.956. The third-order valence-electron chi connectivity index (χ3n) is 6.08. The summed E-state index contributed by atoms with van der Waals surface area (Å²) in [6, 6.07) is 18.0. The second-order valence-corrected chi connectivity index (χ2v) is 8.23. The highest BCUT2D eigenvalue weighted by molar-refractivity contribution is 6.05. The van der Waals surface area contributed by atoms with Gasteiger partial charge in [-0.3, -0.25) is 19.7 Å². The van der Waals surface area contributed by atoms with Crippen molar-refractivity contribution in [1.82, 2.24) is 15.5 Å². The molecule has 0 radical (unpaired) electrons. The second kappa shape index (κ2) is 8.38. The predicted molar refractivity (Wildman–Crippen MR) is 122 cm³/mol. The summed E-state index contributed by atoms with van der Waals surface area (Å²) in [7, 11) is 0. The summed E-state index contributed by atoms with van der Waals surface area (Å²) in [6.07, 6.45) is 0.546. The molecule has 3 aromatic carbocycles. The molecule has 3 N–H and O–H groups in total. The molecule has 0 bridgehead atoms. The molecule has 33 heavy (non-hydrogen) atoms. The molecule has 0 saturated carbocycles. The van der Waals surface area contributed by atoms with Gasteiger partial charge in [0.15, 0.2) is 0 Å². The highest BCUT2D eigenvalue weighted by atomic mass is 16.2. The van der Waals surface area contributed by atoms with Crippen molar-refractivity contribution in [2.45, 2.75) is 32.0 Å². The van der Waals surface area contributed by atoms with Crippen molar-refractivity contribution in [2.75, 3.05) is 5.32 Å². The van der Waals surface area contributed by atoms with E-state index < -0.39 is 11.9 Å². The van der Waals surface area contributed by atoms with E-state index in [9.17, 15) is 19.2 Å². The third kappa shape index (κ3) is 4.03. The van der Waals surface area contributed by atoms with Crippen LogP contribution in [0.5, 0.6) is 0 Å². The topological polar surface area (TPSA) is 108 Å². The minimum absolute atomic E-state index is 0.215. The number of carbonyl (C=O) groups excluding carboxylic acids is 4. The average Bonchev–Trinajstić information content (AvgIpc) is 3.13. The van der Waals surface area contributed by atoms with Gasteiger partial charge < -0.3 is 15.5 Å². The molecule has 166 valence electrons. The molecule has 1 saturated heterocycles. The highest BCUT2D eigenvalue weighted by Gasteiger charge is 2.39. The first-order valence-electron chi connectivity index (χ1n) is 10.8. The van der Waals surface area contributed by atoms with Gasteiger partial charge in [0.2, 0.25) is 11.8 Å². The number of imide groups is 1. The number of nitrogens with one attached hydrogen (secondary N) is 3. The fourth-order valence-electron chi connectivity index (χ4n) is 4.42. The Balaban J connectivity index is 1.24. The number of fused-ring (bicyclic) bond motifs is 2. The number of amides is 5. The largest absolute Gasteiger partial charge is 0.334 e. The normalized spacial score (nSPS) is 17.6. The SMILES string of the molecule is O=C1CCC(N2Cc3cc(CNC(=O)Nc4cccc5ccccc45)ccc3C2=O)C(=O)N1. The van der Waals surface area contributed by atoms with Gasteiger partial charge in [-0.1, -0.05) is 48.5 Å². The molecule has 5 rings (SSSR count). The van der Waals surface area contributed by atoms with E-state index in [1.807, 2.05) is 48.5 Å². The molecule has 1 fully saturated rings. The van der Waals surface area contributed by atoms with Crippen molar-refractivity contribution in [1.29, 1.82) is 0 Å². The quantitative estimate of drug-likeness (QED) is 0.540. The first kappa shape index (κ1) is 20.7. The molecule has 0 aliphatic carbocycles. The van der Waals surface area contributed by atoms with Crippen LogP contribution >= 0.6 is 0 Å². The zero-order valence-electron chi connectivity index (χ0n) is 17.8. The molecular formula is C25H22N4O4. The van der Waals surface area contributed by atoms with E-state index in [1.165, 1.54) is 4.90 Å². The Labute approximate surface area is 189 Å². The number of nitrogens with zero attached hydrogens (tertiary/aromatic N) is 1.